The second-order valence-electron chi connectivity index (χ2n) is 8.41. The van der Waals surface area contributed by atoms with Crippen LogP contribution in [0.4, 0.5) is 5.69 Å². The van der Waals surface area contributed by atoms with E-state index in [1.54, 1.807) is 30.4 Å². The maximum absolute atomic E-state index is 13.7. The summed E-state index contributed by atoms with van der Waals surface area (Å²) in [6, 6.07) is 11.7. The zero-order valence-corrected chi connectivity index (χ0v) is 18.9. The Labute approximate surface area is 190 Å². The van der Waals surface area contributed by atoms with Gasteiger partial charge in [-0.2, -0.15) is 0 Å². The Kier molecular flexibility index (Phi) is 5.00. The minimum absolute atomic E-state index is 0.162. The van der Waals surface area contributed by atoms with E-state index in [1.807, 2.05) is 35.8 Å². The van der Waals surface area contributed by atoms with Crippen molar-refractivity contribution in [1.29, 1.82) is 0 Å². The molecule has 8 heteroatoms. The first-order chi connectivity index (χ1) is 15.9. The summed E-state index contributed by atoms with van der Waals surface area (Å²) in [5, 5.41) is 0.379. The summed E-state index contributed by atoms with van der Waals surface area (Å²) < 4.78 is 4.34. The molecule has 0 saturated carbocycles. The summed E-state index contributed by atoms with van der Waals surface area (Å²) in [4.78, 5) is 44.9. The molecular weight excluding hydrogens is 418 g/mol. The average Bonchev–Trinajstić information content (AvgIpc) is 3.43. The maximum Gasteiger partial charge on any atom is 0.332 e. The largest absolute Gasteiger partial charge is 0.332 e. The molecule has 0 radical (unpaired) electrons. The van der Waals surface area contributed by atoms with E-state index < -0.39 is 5.69 Å². The highest BCUT2D eigenvalue weighted by Crippen LogP contribution is 2.33. The Morgan fingerprint density at radius 2 is 1.76 bits per heavy atom. The van der Waals surface area contributed by atoms with Gasteiger partial charge in [-0.25, -0.2) is 4.79 Å². The molecule has 0 atom stereocenters. The molecule has 0 fully saturated rings. The van der Waals surface area contributed by atoms with Gasteiger partial charge in [0.05, 0.1) is 5.39 Å². The lowest BCUT2D eigenvalue weighted by atomic mass is 10.0. The van der Waals surface area contributed by atoms with Gasteiger partial charge in [0.1, 0.15) is 11.3 Å². The molecule has 1 amide bonds. The standard InChI is InChI=1S/C25H25N5O3/c1-4-12-29-21(15-19-22(29)27(2)25(33)28(3)23(19)31)24(32)30-13-9-18-14-17(5-6-20(18)30)16-7-10-26-11-8-16/h5-8,10-11,14-15H,4,9,12-13H2,1-3H3. The van der Waals surface area contributed by atoms with Crippen LogP contribution in [0.15, 0.2) is 58.4 Å². The van der Waals surface area contributed by atoms with Gasteiger partial charge in [0, 0.05) is 45.3 Å². The van der Waals surface area contributed by atoms with Crippen molar-refractivity contribution < 1.29 is 4.79 Å². The number of carbonyl (C=O) groups excluding carboxylic acids is 1. The van der Waals surface area contributed by atoms with Crippen LogP contribution in [0.2, 0.25) is 0 Å². The van der Waals surface area contributed by atoms with Crippen molar-refractivity contribution in [2.75, 3.05) is 11.4 Å². The third-order valence-corrected chi connectivity index (χ3v) is 6.40. The molecule has 4 aromatic rings. The highest BCUT2D eigenvalue weighted by atomic mass is 16.2. The summed E-state index contributed by atoms with van der Waals surface area (Å²) in [5.41, 5.74) is 4.28. The number of rotatable bonds is 4. The van der Waals surface area contributed by atoms with Crippen LogP contribution in [0.3, 0.4) is 0 Å². The van der Waals surface area contributed by atoms with Crippen LogP contribution >= 0.6 is 0 Å². The smallest absolute Gasteiger partial charge is 0.322 e. The van der Waals surface area contributed by atoms with E-state index in [1.165, 1.54) is 11.6 Å². The fourth-order valence-electron chi connectivity index (χ4n) is 4.74. The van der Waals surface area contributed by atoms with E-state index in [2.05, 4.69) is 11.1 Å². The number of amides is 1. The van der Waals surface area contributed by atoms with E-state index in [0.29, 0.717) is 29.8 Å². The lowest BCUT2D eigenvalue weighted by molar-refractivity contribution is 0.0980. The quantitative estimate of drug-likeness (QED) is 0.486. The van der Waals surface area contributed by atoms with Crippen LogP contribution in [-0.4, -0.2) is 31.1 Å². The van der Waals surface area contributed by atoms with E-state index in [-0.39, 0.29) is 11.5 Å². The van der Waals surface area contributed by atoms with Crippen molar-refractivity contribution in [3.8, 4) is 11.1 Å². The first kappa shape index (κ1) is 20.9. The van der Waals surface area contributed by atoms with E-state index >= 15 is 0 Å². The summed E-state index contributed by atoms with van der Waals surface area (Å²) in [5.74, 6) is -0.162. The molecule has 0 spiro atoms. The number of aromatic nitrogens is 4. The molecule has 1 aliphatic rings. The van der Waals surface area contributed by atoms with Gasteiger partial charge in [-0.15, -0.1) is 0 Å². The third-order valence-electron chi connectivity index (χ3n) is 6.40. The van der Waals surface area contributed by atoms with Gasteiger partial charge < -0.3 is 9.47 Å². The molecule has 4 heterocycles. The minimum atomic E-state index is -0.405. The molecule has 0 saturated heterocycles. The summed E-state index contributed by atoms with van der Waals surface area (Å²) >= 11 is 0. The molecule has 1 aromatic carbocycles. The van der Waals surface area contributed by atoms with Crippen molar-refractivity contribution in [3.05, 3.63) is 80.9 Å². The Balaban J connectivity index is 1.60. The zero-order valence-electron chi connectivity index (χ0n) is 18.9. The molecule has 8 nitrogen and oxygen atoms in total. The van der Waals surface area contributed by atoms with Crippen molar-refractivity contribution >= 4 is 22.6 Å². The Morgan fingerprint density at radius 3 is 2.48 bits per heavy atom. The summed E-state index contributed by atoms with van der Waals surface area (Å²) in [6.07, 6.45) is 5.05. The molecule has 0 N–H and O–H groups in total. The fraction of sp³-hybridized carbons (Fsp3) is 0.280. The Bertz CT molecular complexity index is 1510. The Hall–Kier alpha value is -3.94. The molecule has 0 aliphatic carbocycles. The number of fused-ring (bicyclic) bond motifs is 2. The lowest BCUT2D eigenvalue weighted by Gasteiger charge is -2.19. The highest BCUT2D eigenvalue weighted by molar-refractivity contribution is 6.08. The van der Waals surface area contributed by atoms with Crippen LogP contribution < -0.4 is 16.1 Å². The number of hydrogen-bond donors (Lipinski definition) is 0. The molecule has 3 aromatic heterocycles. The van der Waals surface area contributed by atoms with Crippen LogP contribution in [0.5, 0.6) is 0 Å². The SMILES string of the molecule is CCCn1c(C(=O)N2CCc3cc(-c4ccncc4)ccc32)cc2c(=O)n(C)c(=O)n(C)c21. The lowest BCUT2D eigenvalue weighted by Crippen LogP contribution is -2.37. The summed E-state index contributed by atoms with van der Waals surface area (Å²) in [7, 11) is 3.09. The topological polar surface area (TPSA) is 82.1 Å². The van der Waals surface area contributed by atoms with Crippen molar-refractivity contribution in [2.24, 2.45) is 14.1 Å². The second kappa shape index (κ2) is 7.88. The van der Waals surface area contributed by atoms with Gasteiger partial charge in [0.15, 0.2) is 0 Å². The normalized spacial score (nSPS) is 13.0. The van der Waals surface area contributed by atoms with Gasteiger partial charge in [0.2, 0.25) is 0 Å². The molecule has 0 bridgehead atoms. The monoisotopic (exact) mass is 443 g/mol. The molecule has 168 valence electrons. The van der Waals surface area contributed by atoms with Crippen LogP contribution in [-0.2, 0) is 27.1 Å². The van der Waals surface area contributed by atoms with Crippen molar-refractivity contribution in [2.45, 2.75) is 26.3 Å². The number of aryl methyl sites for hydroxylation is 2. The average molecular weight is 444 g/mol. The molecular formula is C25H25N5O3. The zero-order chi connectivity index (χ0) is 23.3. The van der Waals surface area contributed by atoms with Crippen LogP contribution in [0.25, 0.3) is 22.2 Å². The minimum Gasteiger partial charge on any atom is -0.322 e. The van der Waals surface area contributed by atoms with Gasteiger partial charge in [0.25, 0.3) is 11.5 Å². The van der Waals surface area contributed by atoms with E-state index in [9.17, 15) is 14.4 Å². The van der Waals surface area contributed by atoms with Crippen LogP contribution in [0, 0.1) is 0 Å². The van der Waals surface area contributed by atoms with Gasteiger partial charge >= 0.3 is 5.69 Å². The first-order valence-corrected chi connectivity index (χ1v) is 11.1. The molecule has 0 unspecified atom stereocenters. The predicted octanol–water partition coefficient (Wildman–Crippen LogP) is 2.71. The molecule has 33 heavy (non-hydrogen) atoms. The van der Waals surface area contributed by atoms with Crippen LogP contribution in [0.1, 0.15) is 29.4 Å². The van der Waals surface area contributed by atoms with Gasteiger partial charge in [-0.05, 0) is 59.9 Å². The highest BCUT2D eigenvalue weighted by Gasteiger charge is 2.29. The number of nitrogens with zero attached hydrogens (tertiary/aromatic N) is 5. The predicted molar refractivity (Wildman–Crippen MR) is 128 cm³/mol. The number of hydrogen-bond acceptors (Lipinski definition) is 4. The second-order valence-corrected chi connectivity index (χ2v) is 8.41. The van der Waals surface area contributed by atoms with Crippen molar-refractivity contribution in [1.82, 2.24) is 18.7 Å². The molecule has 5 rings (SSSR count). The maximum atomic E-state index is 13.7. The third kappa shape index (κ3) is 3.21. The fourth-order valence-corrected chi connectivity index (χ4v) is 4.74. The van der Waals surface area contributed by atoms with E-state index in [0.717, 1.165) is 39.8 Å². The first-order valence-electron chi connectivity index (χ1n) is 11.1. The van der Waals surface area contributed by atoms with Gasteiger partial charge in [-0.3, -0.25) is 23.7 Å². The number of pyridine rings is 1. The van der Waals surface area contributed by atoms with Crippen molar-refractivity contribution in [3.63, 3.8) is 0 Å². The number of carbonyl (C=O) groups is 1. The summed E-state index contributed by atoms with van der Waals surface area (Å²) in [6.45, 7) is 3.11. The van der Waals surface area contributed by atoms with E-state index in [4.69, 9.17) is 0 Å². The Morgan fingerprint density at radius 1 is 1.00 bits per heavy atom. The van der Waals surface area contributed by atoms with Gasteiger partial charge in [-0.1, -0.05) is 13.0 Å². The number of benzene rings is 1. The molecule has 1 aliphatic heterocycles. The number of anilines is 1.